The normalized spacial score (nSPS) is 16.9. The molecule has 0 radical (unpaired) electrons. The van der Waals surface area contributed by atoms with Gasteiger partial charge in [-0.1, -0.05) is 0 Å². The summed E-state index contributed by atoms with van der Waals surface area (Å²) in [6.45, 7) is 0.347. The van der Waals surface area contributed by atoms with Crippen molar-refractivity contribution in [1.82, 2.24) is 14.8 Å². The second-order valence-corrected chi connectivity index (χ2v) is 6.06. The third kappa shape index (κ3) is 2.80. The highest BCUT2D eigenvalue weighted by Gasteiger charge is 2.32. The van der Waals surface area contributed by atoms with Gasteiger partial charge in [0.25, 0.3) is 0 Å². The van der Waals surface area contributed by atoms with Crippen LogP contribution in [0.2, 0.25) is 0 Å². The molecule has 1 atom stereocenters. The molecular formula is C19H16FN3O2. The minimum atomic E-state index is -0.292. The maximum absolute atomic E-state index is 13.3. The average Bonchev–Trinajstić information content (AvgIpc) is 3.19. The lowest BCUT2D eigenvalue weighted by molar-refractivity contribution is -0.137. The van der Waals surface area contributed by atoms with Gasteiger partial charge in [-0.25, -0.2) is 4.39 Å². The minimum Gasteiger partial charge on any atom is -0.465 e. The van der Waals surface area contributed by atoms with E-state index in [-0.39, 0.29) is 17.7 Å². The zero-order valence-electron chi connectivity index (χ0n) is 13.6. The van der Waals surface area contributed by atoms with Gasteiger partial charge in [-0.3, -0.25) is 14.5 Å². The molecule has 0 saturated carbocycles. The van der Waals surface area contributed by atoms with Gasteiger partial charge in [0.05, 0.1) is 12.1 Å². The van der Waals surface area contributed by atoms with Crippen molar-refractivity contribution in [3.05, 3.63) is 60.3 Å². The molecule has 1 aliphatic rings. The summed E-state index contributed by atoms with van der Waals surface area (Å²) in [5.41, 5.74) is 4.40. The van der Waals surface area contributed by atoms with Crippen molar-refractivity contribution in [3.63, 3.8) is 0 Å². The van der Waals surface area contributed by atoms with E-state index in [1.165, 1.54) is 12.1 Å². The van der Waals surface area contributed by atoms with Crippen molar-refractivity contribution in [1.29, 1.82) is 0 Å². The van der Waals surface area contributed by atoms with Gasteiger partial charge in [-0.05, 0) is 42.0 Å². The molecule has 0 bridgehead atoms. The molecule has 126 valence electrons. The first-order valence-corrected chi connectivity index (χ1v) is 8.02. The van der Waals surface area contributed by atoms with Gasteiger partial charge in [0.15, 0.2) is 0 Å². The van der Waals surface area contributed by atoms with Gasteiger partial charge in [0.2, 0.25) is 0 Å². The van der Waals surface area contributed by atoms with E-state index in [4.69, 9.17) is 4.74 Å². The number of rotatable bonds is 3. The molecule has 1 aromatic carbocycles. The number of carbonyl (C=O) groups is 1. The highest BCUT2D eigenvalue weighted by Crippen LogP contribution is 2.40. The van der Waals surface area contributed by atoms with Crippen LogP contribution in [0.1, 0.15) is 18.0 Å². The molecule has 0 amide bonds. The summed E-state index contributed by atoms with van der Waals surface area (Å²) in [5, 5.41) is 4.66. The number of hydrogen-bond donors (Lipinski definition) is 0. The molecule has 3 heterocycles. The second-order valence-electron chi connectivity index (χ2n) is 6.06. The van der Waals surface area contributed by atoms with E-state index in [0.29, 0.717) is 13.0 Å². The van der Waals surface area contributed by atoms with Crippen molar-refractivity contribution >= 4 is 5.97 Å². The number of pyridine rings is 1. The van der Waals surface area contributed by atoms with E-state index < -0.39 is 0 Å². The Hall–Kier alpha value is -3.02. The molecule has 1 fully saturated rings. The number of carbonyl (C=O) groups excluding carboxylic acids is 1. The number of aryl methyl sites for hydroxylation is 1. The summed E-state index contributed by atoms with van der Waals surface area (Å²) >= 11 is 0. The van der Waals surface area contributed by atoms with Gasteiger partial charge >= 0.3 is 5.97 Å². The molecular weight excluding hydrogens is 321 g/mol. The summed E-state index contributed by atoms with van der Waals surface area (Å²) in [6, 6.07) is 10.1. The molecule has 25 heavy (non-hydrogen) atoms. The van der Waals surface area contributed by atoms with Crippen LogP contribution in [0.15, 0.2) is 48.8 Å². The highest BCUT2D eigenvalue weighted by molar-refractivity contribution is 5.84. The van der Waals surface area contributed by atoms with E-state index >= 15 is 0 Å². The smallest absolute Gasteiger partial charge is 0.306 e. The van der Waals surface area contributed by atoms with E-state index in [9.17, 15) is 9.18 Å². The molecule has 6 heteroatoms. The number of hydrogen-bond acceptors (Lipinski definition) is 4. The van der Waals surface area contributed by atoms with Crippen molar-refractivity contribution < 1.29 is 13.9 Å². The van der Waals surface area contributed by atoms with Gasteiger partial charge in [-0.2, -0.15) is 5.10 Å². The topological polar surface area (TPSA) is 57.0 Å². The fraction of sp³-hybridized carbons (Fsp3) is 0.211. The Bertz CT molecular complexity index is 920. The summed E-state index contributed by atoms with van der Waals surface area (Å²) in [6.07, 6.45) is 3.77. The van der Waals surface area contributed by atoms with E-state index in [1.54, 1.807) is 29.2 Å². The van der Waals surface area contributed by atoms with Crippen LogP contribution in [-0.4, -0.2) is 27.3 Å². The number of cyclic esters (lactones) is 1. The monoisotopic (exact) mass is 337 g/mol. The van der Waals surface area contributed by atoms with Crippen LogP contribution in [0.3, 0.4) is 0 Å². The Morgan fingerprint density at radius 2 is 1.84 bits per heavy atom. The Labute approximate surface area is 144 Å². The van der Waals surface area contributed by atoms with Gasteiger partial charge in [0.1, 0.15) is 18.1 Å². The summed E-state index contributed by atoms with van der Waals surface area (Å²) in [5.74, 6) is -0.544. The van der Waals surface area contributed by atoms with Crippen LogP contribution < -0.4 is 0 Å². The zero-order chi connectivity index (χ0) is 17.4. The van der Waals surface area contributed by atoms with Crippen LogP contribution in [0.25, 0.3) is 22.4 Å². The number of halogens is 1. The fourth-order valence-corrected chi connectivity index (χ4v) is 3.31. The largest absolute Gasteiger partial charge is 0.465 e. The number of esters is 1. The maximum Gasteiger partial charge on any atom is 0.306 e. The number of ether oxygens (including phenoxy) is 1. The van der Waals surface area contributed by atoms with E-state index in [0.717, 1.165) is 28.1 Å². The predicted octanol–water partition coefficient (Wildman–Crippen LogP) is 3.32. The Morgan fingerprint density at radius 3 is 2.48 bits per heavy atom. The van der Waals surface area contributed by atoms with Crippen LogP contribution >= 0.6 is 0 Å². The van der Waals surface area contributed by atoms with Gasteiger partial charge in [0, 0.05) is 36.5 Å². The molecule has 0 spiro atoms. The molecule has 1 unspecified atom stereocenters. The lowest BCUT2D eigenvalue weighted by Crippen LogP contribution is -2.07. The van der Waals surface area contributed by atoms with Crippen LogP contribution in [0.4, 0.5) is 4.39 Å². The van der Waals surface area contributed by atoms with Gasteiger partial charge < -0.3 is 4.74 Å². The lowest BCUT2D eigenvalue weighted by Gasteiger charge is -2.11. The summed E-state index contributed by atoms with van der Waals surface area (Å²) in [7, 11) is 1.86. The SMILES string of the molecule is Cn1nc(-c2ccc(F)cc2)c(-c2ccncc2)c1C1COC(=O)C1. The number of aromatic nitrogens is 3. The molecule has 5 nitrogen and oxygen atoms in total. The third-order valence-electron chi connectivity index (χ3n) is 4.42. The van der Waals surface area contributed by atoms with E-state index in [1.807, 2.05) is 19.2 Å². The quantitative estimate of drug-likeness (QED) is 0.688. The summed E-state index contributed by atoms with van der Waals surface area (Å²) in [4.78, 5) is 15.7. The first-order chi connectivity index (χ1) is 12.1. The van der Waals surface area contributed by atoms with Crippen LogP contribution in [0.5, 0.6) is 0 Å². The van der Waals surface area contributed by atoms with Crippen molar-refractivity contribution in [3.8, 4) is 22.4 Å². The Balaban J connectivity index is 1.92. The fourth-order valence-electron chi connectivity index (χ4n) is 3.31. The first kappa shape index (κ1) is 15.5. The predicted molar refractivity (Wildman–Crippen MR) is 90.2 cm³/mol. The van der Waals surface area contributed by atoms with Crippen molar-refractivity contribution in [2.45, 2.75) is 12.3 Å². The first-order valence-electron chi connectivity index (χ1n) is 8.02. The lowest BCUT2D eigenvalue weighted by atomic mass is 9.93. The molecule has 4 rings (SSSR count). The van der Waals surface area contributed by atoms with Crippen molar-refractivity contribution in [2.75, 3.05) is 6.61 Å². The molecule has 3 aromatic rings. The summed E-state index contributed by atoms with van der Waals surface area (Å²) < 4.78 is 20.3. The highest BCUT2D eigenvalue weighted by atomic mass is 19.1. The molecule has 0 N–H and O–H groups in total. The molecule has 0 aliphatic carbocycles. The number of benzene rings is 1. The van der Waals surface area contributed by atoms with Gasteiger partial charge in [-0.15, -0.1) is 0 Å². The minimum absolute atomic E-state index is 0.0534. The standard InChI is InChI=1S/C19H16FN3O2/c1-23-19(14-10-16(24)25-11-14)17(12-6-8-21-9-7-12)18(22-23)13-2-4-15(20)5-3-13/h2-9,14H,10-11H2,1H3. The Morgan fingerprint density at radius 1 is 1.12 bits per heavy atom. The molecule has 1 aliphatic heterocycles. The maximum atomic E-state index is 13.3. The van der Waals surface area contributed by atoms with E-state index in [2.05, 4.69) is 10.1 Å². The third-order valence-corrected chi connectivity index (χ3v) is 4.42. The zero-order valence-corrected chi connectivity index (χ0v) is 13.6. The van der Waals surface area contributed by atoms with Crippen LogP contribution in [0, 0.1) is 5.82 Å². The molecule has 2 aromatic heterocycles. The Kier molecular flexibility index (Phi) is 3.80. The molecule has 1 saturated heterocycles. The number of nitrogens with zero attached hydrogens (tertiary/aromatic N) is 3. The van der Waals surface area contributed by atoms with Crippen molar-refractivity contribution in [2.24, 2.45) is 7.05 Å². The second kappa shape index (κ2) is 6.12. The van der Waals surface area contributed by atoms with Crippen LogP contribution in [-0.2, 0) is 16.6 Å². The average molecular weight is 337 g/mol.